The maximum absolute atomic E-state index is 6.33. The van der Waals surface area contributed by atoms with Crippen LogP contribution in [0.2, 0.25) is 10.0 Å². The van der Waals surface area contributed by atoms with Crippen LogP contribution in [0.5, 0.6) is 0 Å². The van der Waals surface area contributed by atoms with E-state index >= 15 is 0 Å². The first-order valence-corrected chi connectivity index (χ1v) is 11.5. The number of hydrogen-bond donors (Lipinski definition) is 1. The van der Waals surface area contributed by atoms with Crippen LogP contribution in [0.4, 0.5) is 17.3 Å². The van der Waals surface area contributed by atoms with Crippen molar-refractivity contribution in [1.29, 1.82) is 0 Å². The largest absolute Gasteiger partial charge is 0.369 e. The lowest BCUT2D eigenvalue weighted by Crippen LogP contribution is -2.44. The number of halogens is 2. The number of nitrogens with one attached hydrogen (secondary N) is 1. The quantitative estimate of drug-likeness (QED) is 0.427. The minimum Gasteiger partial charge on any atom is -0.369 e. The molecule has 0 atom stereocenters. The summed E-state index contributed by atoms with van der Waals surface area (Å²) in [5, 5.41) is 9.04. The lowest BCUT2D eigenvalue weighted by atomic mass is 10.1. The van der Waals surface area contributed by atoms with E-state index in [1.165, 1.54) is 5.69 Å². The molecule has 1 N–H and O–H groups in total. The second-order valence-corrected chi connectivity index (χ2v) is 8.81. The van der Waals surface area contributed by atoms with E-state index in [0.717, 1.165) is 43.1 Å². The molecule has 0 radical (unpaired) electrons. The molecule has 1 aliphatic heterocycles. The van der Waals surface area contributed by atoms with Gasteiger partial charge in [-0.05, 0) is 55.6 Å². The number of benzene rings is 2. The highest BCUT2D eigenvalue weighted by Crippen LogP contribution is 2.29. The summed E-state index contributed by atoms with van der Waals surface area (Å²) in [6.07, 6.45) is 3.55. The van der Waals surface area contributed by atoms with Crippen molar-refractivity contribution in [1.82, 2.24) is 24.6 Å². The summed E-state index contributed by atoms with van der Waals surface area (Å²) in [7, 11) is 2.16. The van der Waals surface area contributed by atoms with Crippen LogP contribution in [0.1, 0.15) is 0 Å². The first-order valence-electron chi connectivity index (χ1n) is 10.7. The number of piperazine rings is 1. The Balaban J connectivity index is 1.30. The van der Waals surface area contributed by atoms with E-state index in [2.05, 4.69) is 61.5 Å². The highest BCUT2D eigenvalue weighted by Gasteiger charge is 2.14. The Labute approximate surface area is 202 Å². The summed E-state index contributed by atoms with van der Waals surface area (Å²) in [5.41, 5.74) is 3.71. The molecule has 2 aromatic heterocycles. The summed E-state index contributed by atoms with van der Waals surface area (Å²) < 4.78 is 1.70. The van der Waals surface area contributed by atoms with Gasteiger partial charge in [0.2, 0.25) is 5.95 Å². The van der Waals surface area contributed by atoms with Gasteiger partial charge < -0.3 is 15.1 Å². The van der Waals surface area contributed by atoms with Gasteiger partial charge in [0.1, 0.15) is 0 Å². The van der Waals surface area contributed by atoms with Crippen LogP contribution < -0.4 is 10.2 Å². The van der Waals surface area contributed by atoms with Gasteiger partial charge in [-0.25, -0.2) is 9.67 Å². The average Bonchev–Trinajstić information content (AvgIpc) is 3.30. The zero-order valence-electron chi connectivity index (χ0n) is 18.1. The van der Waals surface area contributed by atoms with Crippen molar-refractivity contribution >= 4 is 40.5 Å². The molecule has 168 valence electrons. The van der Waals surface area contributed by atoms with Gasteiger partial charge in [0, 0.05) is 66.6 Å². The standard InChI is InChI=1S/C24H23Cl2N7/c1-31-12-14-32(15-13-31)19-5-3-18(4-6-19)28-24-27-10-8-23(29-24)33-11-9-22(30-33)20-7-2-17(25)16-21(20)26/h2-11,16H,12-15H2,1H3,(H,27,28,29). The Hall–Kier alpha value is -3.13. The third-order valence-electron chi connectivity index (χ3n) is 5.66. The van der Waals surface area contributed by atoms with Gasteiger partial charge in [-0.3, -0.25) is 0 Å². The Morgan fingerprint density at radius 3 is 2.45 bits per heavy atom. The molecule has 1 saturated heterocycles. The molecule has 0 spiro atoms. The molecule has 5 rings (SSSR count). The van der Waals surface area contributed by atoms with Gasteiger partial charge >= 0.3 is 0 Å². The molecular weight excluding hydrogens is 457 g/mol. The number of aromatic nitrogens is 4. The van der Waals surface area contributed by atoms with E-state index in [0.29, 0.717) is 21.8 Å². The van der Waals surface area contributed by atoms with E-state index in [-0.39, 0.29) is 0 Å². The molecule has 9 heteroatoms. The smallest absolute Gasteiger partial charge is 0.229 e. The van der Waals surface area contributed by atoms with Crippen LogP contribution >= 0.6 is 23.2 Å². The Bertz CT molecular complexity index is 1250. The summed E-state index contributed by atoms with van der Waals surface area (Å²) in [6.45, 7) is 4.25. The number of anilines is 3. The first-order chi connectivity index (χ1) is 16.0. The highest BCUT2D eigenvalue weighted by molar-refractivity contribution is 6.36. The molecule has 3 heterocycles. The molecule has 4 aromatic rings. The van der Waals surface area contributed by atoms with E-state index in [1.54, 1.807) is 23.0 Å². The van der Waals surface area contributed by atoms with Crippen molar-refractivity contribution in [2.75, 3.05) is 43.4 Å². The third kappa shape index (κ3) is 4.95. The third-order valence-corrected chi connectivity index (χ3v) is 6.21. The van der Waals surface area contributed by atoms with Crippen LogP contribution in [-0.4, -0.2) is 57.9 Å². The fraction of sp³-hybridized carbons (Fsp3) is 0.208. The van der Waals surface area contributed by atoms with Gasteiger partial charge in [0.15, 0.2) is 5.82 Å². The minimum atomic E-state index is 0.501. The maximum Gasteiger partial charge on any atom is 0.229 e. The maximum atomic E-state index is 6.33. The van der Waals surface area contributed by atoms with Crippen molar-refractivity contribution in [3.63, 3.8) is 0 Å². The molecule has 0 saturated carbocycles. The Kier molecular flexibility index (Phi) is 6.17. The number of nitrogens with zero attached hydrogens (tertiary/aromatic N) is 6. The van der Waals surface area contributed by atoms with Crippen molar-refractivity contribution in [2.45, 2.75) is 0 Å². The zero-order valence-corrected chi connectivity index (χ0v) is 19.6. The van der Waals surface area contributed by atoms with Crippen LogP contribution in [0, 0.1) is 0 Å². The topological polar surface area (TPSA) is 62.1 Å². The van der Waals surface area contributed by atoms with E-state index < -0.39 is 0 Å². The zero-order chi connectivity index (χ0) is 22.8. The van der Waals surface area contributed by atoms with Gasteiger partial charge in [-0.1, -0.05) is 23.2 Å². The fourth-order valence-electron chi connectivity index (χ4n) is 3.78. The summed E-state index contributed by atoms with van der Waals surface area (Å²) in [4.78, 5) is 13.7. The van der Waals surface area contributed by atoms with Gasteiger partial charge in [-0.2, -0.15) is 10.1 Å². The monoisotopic (exact) mass is 479 g/mol. The lowest BCUT2D eigenvalue weighted by molar-refractivity contribution is 0.313. The van der Waals surface area contributed by atoms with Gasteiger partial charge in [0.25, 0.3) is 0 Å². The van der Waals surface area contributed by atoms with Crippen LogP contribution in [0.15, 0.2) is 67.0 Å². The van der Waals surface area contributed by atoms with Crippen LogP contribution in [0.3, 0.4) is 0 Å². The molecule has 7 nitrogen and oxygen atoms in total. The van der Waals surface area contributed by atoms with Crippen molar-refractivity contribution in [3.8, 4) is 17.1 Å². The molecule has 0 bridgehead atoms. The molecule has 0 unspecified atom stereocenters. The molecule has 2 aromatic carbocycles. The summed E-state index contributed by atoms with van der Waals surface area (Å²) in [5.74, 6) is 1.15. The average molecular weight is 480 g/mol. The summed E-state index contributed by atoms with van der Waals surface area (Å²) in [6, 6.07) is 17.4. The molecule has 1 fully saturated rings. The van der Waals surface area contributed by atoms with E-state index in [4.69, 9.17) is 23.2 Å². The molecule has 0 amide bonds. The van der Waals surface area contributed by atoms with E-state index in [1.807, 2.05) is 24.4 Å². The molecule has 0 aliphatic carbocycles. The van der Waals surface area contributed by atoms with Crippen molar-refractivity contribution < 1.29 is 0 Å². The van der Waals surface area contributed by atoms with Crippen molar-refractivity contribution in [3.05, 3.63) is 77.0 Å². The number of likely N-dealkylation sites (N-methyl/N-ethyl adjacent to an activating group) is 1. The molecular formula is C24H23Cl2N7. The SMILES string of the molecule is CN1CCN(c2ccc(Nc3nccc(-n4ccc(-c5ccc(Cl)cc5Cl)n4)n3)cc2)CC1. The van der Waals surface area contributed by atoms with Crippen LogP contribution in [0.25, 0.3) is 17.1 Å². The second kappa shape index (κ2) is 9.39. The number of rotatable bonds is 5. The Morgan fingerprint density at radius 1 is 0.909 bits per heavy atom. The molecule has 33 heavy (non-hydrogen) atoms. The summed E-state index contributed by atoms with van der Waals surface area (Å²) >= 11 is 12.3. The van der Waals surface area contributed by atoms with Gasteiger partial charge in [0.05, 0.1) is 10.7 Å². The fourth-order valence-corrected chi connectivity index (χ4v) is 4.28. The molecule has 1 aliphatic rings. The number of hydrogen-bond acceptors (Lipinski definition) is 6. The van der Waals surface area contributed by atoms with Crippen molar-refractivity contribution in [2.24, 2.45) is 0 Å². The van der Waals surface area contributed by atoms with Crippen LogP contribution in [-0.2, 0) is 0 Å². The first kappa shape index (κ1) is 21.7. The second-order valence-electron chi connectivity index (χ2n) is 7.97. The minimum absolute atomic E-state index is 0.501. The predicted octanol–water partition coefficient (Wildman–Crippen LogP) is 5.13. The van der Waals surface area contributed by atoms with E-state index in [9.17, 15) is 0 Å². The predicted molar refractivity (Wildman–Crippen MR) is 134 cm³/mol. The normalized spacial score (nSPS) is 14.5. The lowest BCUT2D eigenvalue weighted by Gasteiger charge is -2.34. The Morgan fingerprint density at radius 2 is 1.70 bits per heavy atom. The van der Waals surface area contributed by atoms with Gasteiger partial charge in [-0.15, -0.1) is 0 Å². The highest BCUT2D eigenvalue weighted by atomic mass is 35.5.